The quantitative estimate of drug-likeness (QED) is 0.0353. The van der Waals surface area contributed by atoms with Gasteiger partial charge < -0.3 is 60.6 Å². The Balaban J connectivity index is 1.47. The molecule has 446 valence electrons. The molecule has 0 saturated heterocycles. The smallest absolute Gasteiger partial charge is 0.379 e. The average Bonchev–Trinajstić information content (AvgIpc) is 3.86. The van der Waals surface area contributed by atoms with E-state index in [0.29, 0.717) is 145 Å². The molecule has 2 rings (SSSR count). The van der Waals surface area contributed by atoms with E-state index >= 15 is 0 Å². The van der Waals surface area contributed by atoms with E-state index in [0.717, 1.165) is 48.1 Å². The van der Waals surface area contributed by atoms with Crippen LogP contribution in [0.15, 0.2) is 28.6 Å². The Hall–Kier alpha value is -0.493. The molecule has 76 heavy (non-hydrogen) atoms. The number of rotatable bonds is 64. The fraction of sp³-hybridized carbons (Fsp3) is 0.879. The van der Waals surface area contributed by atoms with Crippen molar-refractivity contribution in [3.63, 3.8) is 0 Å². The maximum Gasteiger partial charge on any atom is 0.501 e. The molecule has 0 bridgehead atoms. The van der Waals surface area contributed by atoms with E-state index in [-0.39, 0.29) is 0 Å². The summed E-state index contributed by atoms with van der Waals surface area (Å²) in [7, 11) is 0.493. The Morgan fingerprint density at radius 3 is 1.05 bits per heavy atom. The number of unbranched alkanes of at least 4 members (excludes halogenated alkanes) is 20. The van der Waals surface area contributed by atoms with Crippen LogP contribution in [0.2, 0.25) is 6.04 Å². The highest BCUT2D eigenvalue weighted by Crippen LogP contribution is 2.37. The standard InChI is InChI=1S/C58H109NO13S3Si/c1-4-7-9-11-13-15-17-19-21-23-27-32-60-34-36-62-38-40-64-42-44-66-46-48-68-50-52-71-76(70-6-3,55-29-54-73-75-58-59-56-30-25-26-31-57(56)74-58)72-53-51-69-49-47-67-45-43-65-41-39-63-37-35-61-33-28-24-22-20-18-16-14-12-10-8-5-2/h25-26,30-31H,4-24,27-29,32-55H2,1-3H3. The number of benzene rings is 1. The second-order valence-electron chi connectivity index (χ2n) is 19.0. The molecule has 0 fully saturated rings. The predicted molar refractivity (Wildman–Crippen MR) is 318 cm³/mol. The zero-order valence-corrected chi connectivity index (χ0v) is 51.7. The van der Waals surface area contributed by atoms with Gasteiger partial charge in [-0.15, -0.1) is 11.3 Å². The average molecular weight is 1150 g/mol. The van der Waals surface area contributed by atoms with Gasteiger partial charge in [0.2, 0.25) is 0 Å². The van der Waals surface area contributed by atoms with Crippen molar-refractivity contribution in [3.05, 3.63) is 24.3 Å². The summed E-state index contributed by atoms with van der Waals surface area (Å²) in [6, 6.07) is 8.95. The van der Waals surface area contributed by atoms with Gasteiger partial charge in [0.25, 0.3) is 0 Å². The molecule has 0 aliphatic rings. The molecule has 14 nitrogen and oxygen atoms in total. The predicted octanol–water partition coefficient (Wildman–Crippen LogP) is 14.2. The third kappa shape index (κ3) is 46.2. The van der Waals surface area contributed by atoms with E-state index in [9.17, 15) is 0 Å². The Labute approximate surface area is 475 Å². The van der Waals surface area contributed by atoms with Gasteiger partial charge in [-0.05, 0) is 49.1 Å². The van der Waals surface area contributed by atoms with Crippen LogP contribution in [0.1, 0.15) is 168 Å². The molecule has 1 heterocycles. The molecule has 0 saturated carbocycles. The lowest BCUT2D eigenvalue weighted by molar-refractivity contribution is -0.0218. The van der Waals surface area contributed by atoms with Gasteiger partial charge >= 0.3 is 8.80 Å². The van der Waals surface area contributed by atoms with Crippen molar-refractivity contribution < 1.29 is 60.6 Å². The summed E-state index contributed by atoms with van der Waals surface area (Å²) in [5.41, 5.74) is 1.04. The summed E-state index contributed by atoms with van der Waals surface area (Å²) in [6.07, 6.45) is 30.4. The van der Waals surface area contributed by atoms with Crippen molar-refractivity contribution in [2.75, 3.05) is 158 Å². The van der Waals surface area contributed by atoms with Gasteiger partial charge in [0.15, 0.2) is 4.34 Å². The number of ether oxygens (including phenoxy) is 10. The van der Waals surface area contributed by atoms with E-state index in [4.69, 9.17) is 65.6 Å². The van der Waals surface area contributed by atoms with Crippen LogP contribution in [0.4, 0.5) is 0 Å². The fourth-order valence-corrected chi connectivity index (χ4v) is 14.3. The summed E-state index contributed by atoms with van der Waals surface area (Å²) < 4.78 is 78.6. The largest absolute Gasteiger partial charge is 0.501 e. The van der Waals surface area contributed by atoms with Crippen LogP contribution >= 0.6 is 32.9 Å². The van der Waals surface area contributed by atoms with Gasteiger partial charge in [-0.3, -0.25) is 0 Å². The van der Waals surface area contributed by atoms with Crippen LogP contribution in [0.5, 0.6) is 0 Å². The van der Waals surface area contributed by atoms with Crippen molar-refractivity contribution in [2.45, 2.75) is 179 Å². The van der Waals surface area contributed by atoms with Gasteiger partial charge in [-0.1, -0.05) is 165 Å². The number of nitrogens with zero attached hydrogens (tertiary/aromatic N) is 1. The number of fused-ring (bicyclic) bond motifs is 1. The number of hydrogen-bond acceptors (Lipinski definition) is 17. The maximum absolute atomic E-state index is 6.44. The molecule has 0 N–H and O–H groups in total. The minimum Gasteiger partial charge on any atom is -0.379 e. The molecule has 18 heteroatoms. The summed E-state index contributed by atoms with van der Waals surface area (Å²) >= 11 is 1.72. The van der Waals surface area contributed by atoms with Gasteiger partial charge in [-0.25, -0.2) is 4.98 Å². The number of aromatic nitrogens is 1. The van der Waals surface area contributed by atoms with Crippen molar-refractivity contribution in [1.29, 1.82) is 0 Å². The highest BCUT2D eigenvalue weighted by molar-refractivity contribution is 8.77. The summed E-state index contributed by atoms with van der Waals surface area (Å²) in [5, 5.41) is 0. The van der Waals surface area contributed by atoms with E-state index in [1.165, 1.54) is 133 Å². The molecule has 0 spiro atoms. The van der Waals surface area contributed by atoms with Crippen molar-refractivity contribution in [1.82, 2.24) is 4.98 Å². The van der Waals surface area contributed by atoms with E-state index in [2.05, 4.69) is 32.0 Å². The van der Waals surface area contributed by atoms with E-state index in [1.54, 1.807) is 32.9 Å². The van der Waals surface area contributed by atoms with Crippen molar-refractivity contribution in [3.8, 4) is 0 Å². The monoisotopic (exact) mass is 1150 g/mol. The lowest BCUT2D eigenvalue weighted by Crippen LogP contribution is -2.47. The van der Waals surface area contributed by atoms with Crippen LogP contribution in [0.3, 0.4) is 0 Å². The van der Waals surface area contributed by atoms with Gasteiger partial charge in [0, 0.05) is 31.6 Å². The molecule has 0 aliphatic heterocycles. The second kappa shape index (κ2) is 57.7. The topological polar surface area (TPSA) is 133 Å². The van der Waals surface area contributed by atoms with Crippen LogP contribution < -0.4 is 0 Å². The lowest BCUT2D eigenvalue weighted by Gasteiger charge is -2.29. The minimum absolute atomic E-state index is 0.365. The molecule has 1 aromatic heterocycles. The molecular formula is C58H109NO13S3Si. The van der Waals surface area contributed by atoms with E-state index < -0.39 is 8.80 Å². The Bertz CT molecular complexity index is 1370. The molecule has 1 aromatic carbocycles. The zero-order valence-electron chi connectivity index (χ0n) is 48.2. The zero-order chi connectivity index (χ0) is 54.0. The Morgan fingerprint density at radius 2 is 0.697 bits per heavy atom. The maximum atomic E-state index is 6.44. The Kier molecular flexibility index (Phi) is 54.4. The van der Waals surface area contributed by atoms with Crippen molar-refractivity contribution >= 4 is 51.9 Å². The molecule has 2 aromatic rings. The van der Waals surface area contributed by atoms with Crippen LogP contribution in [0, 0.1) is 0 Å². The van der Waals surface area contributed by atoms with Gasteiger partial charge in [0.1, 0.15) is 0 Å². The third-order valence-corrected chi connectivity index (χ3v) is 19.1. The summed E-state index contributed by atoms with van der Waals surface area (Å²) in [5.74, 6) is 0.910. The van der Waals surface area contributed by atoms with Crippen LogP contribution in [0.25, 0.3) is 10.2 Å². The molecule has 0 radical (unpaired) electrons. The number of para-hydroxylation sites is 1. The first-order chi connectivity index (χ1) is 37.7. The normalized spacial score (nSPS) is 12.0. The fourth-order valence-electron chi connectivity index (χ4n) is 8.10. The number of hydrogen-bond donors (Lipinski definition) is 0. The van der Waals surface area contributed by atoms with Crippen molar-refractivity contribution in [2.24, 2.45) is 0 Å². The number of thiazole rings is 1. The van der Waals surface area contributed by atoms with Crippen LogP contribution in [-0.4, -0.2) is 171 Å². The first-order valence-electron chi connectivity index (χ1n) is 30.1. The van der Waals surface area contributed by atoms with Gasteiger partial charge in [-0.2, -0.15) is 0 Å². The summed E-state index contributed by atoms with van der Waals surface area (Å²) in [4.78, 5) is 4.76. The lowest BCUT2D eigenvalue weighted by atomic mass is 10.1. The highest BCUT2D eigenvalue weighted by Gasteiger charge is 2.40. The molecule has 0 unspecified atom stereocenters. The first kappa shape index (κ1) is 71.6. The summed E-state index contributed by atoms with van der Waals surface area (Å²) in [6.45, 7) is 18.7. The Morgan fingerprint density at radius 1 is 0.368 bits per heavy atom. The molecular weight excluding hydrogens is 1040 g/mol. The molecule has 0 aliphatic carbocycles. The highest BCUT2D eigenvalue weighted by atomic mass is 33.1. The van der Waals surface area contributed by atoms with Gasteiger partial charge in [0.05, 0.1) is 142 Å². The minimum atomic E-state index is -3.02. The molecule has 0 amide bonds. The van der Waals surface area contributed by atoms with Crippen LogP contribution in [-0.2, 0) is 60.6 Å². The second-order valence-corrected chi connectivity index (χ2v) is 25.4. The van der Waals surface area contributed by atoms with E-state index in [1.807, 2.05) is 13.0 Å². The first-order valence-corrected chi connectivity index (χ1v) is 35.1. The SMILES string of the molecule is CCCCCCCCCCCCCOCCOCCOCCOCCOCCO[Si](CCCSSc1nc2ccccc2s1)(OCC)OCCOCCOCCOCCOCCOCCCCCCCCCCCCC. The molecule has 0 atom stereocenters. The third-order valence-electron chi connectivity index (χ3n) is 12.3.